The number of hydrogen-bond donors (Lipinski definition) is 1. The molecule has 1 aromatic heterocycles. The minimum Gasteiger partial charge on any atom is -0.385 e. The average Bonchev–Trinajstić information content (AvgIpc) is 2.62. The first kappa shape index (κ1) is 16.7. The van der Waals surface area contributed by atoms with Gasteiger partial charge >= 0.3 is 0 Å². The third-order valence-corrected chi connectivity index (χ3v) is 4.32. The molecule has 4 nitrogen and oxygen atoms in total. The number of hydrogen-bond acceptors (Lipinski definition) is 3. The Hall–Kier alpha value is -0.390. The third kappa shape index (κ3) is 5.24. The van der Waals surface area contributed by atoms with Gasteiger partial charge in [0.25, 0.3) is 0 Å². The van der Waals surface area contributed by atoms with Crippen molar-refractivity contribution in [1.29, 1.82) is 0 Å². The quantitative estimate of drug-likeness (QED) is 0.707. The summed E-state index contributed by atoms with van der Waals surface area (Å²) in [6, 6.07) is 0.487. The molecule has 1 aromatic rings. The van der Waals surface area contributed by atoms with Crippen LogP contribution in [0.15, 0.2) is 4.47 Å². The number of aryl methyl sites for hydroxylation is 2. The van der Waals surface area contributed by atoms with Gasteiger partial charge in [0.1, 0.15) is 0 Å². The van der Waals surface area contributed by atoms with E-state index in [1.807, 2.05) is 18.7 Å². The first-order chi connectivity index (χ1) is 9.10. The van der Waals surface area contributed by atoms with Crippen molar-refractivity contribution in [3.8, 4) is 0 Å². The topological polar surface area (TPSA) is 39.1 Å². The number of methoxy groups -OCH3 is 1. The predicted molar refractivity (Wildman–Crippen MR) is 82.5 cm³/mol. The molecule has 1 heterocycles. The van der Waals surface area contributed by atoms with Crippen LogP contribution in [0.5, 0.6) is 0 Å². The molecule has 0 fully saturated rings. The van der Waals surface area contributed by atoms with Crippen LogP contribution in [0.2, 0.25) is 0 Å². The molecule has 1 N–H and O–H groups in total. The molecule has 0 aliphatic carbocycles. The minimum atomic E-state index is 0.487. The molecular weight excluding hydrogens is 306 g/mol. The van der Waals surface area contributed by atoms with E-state index in [4.69, 9.17) is 4.74 Å². The van der Waals surface area contributed by atoms with Crippen molar-refractivity contribution in [1.82, 2.24) is 15.1 Å². The van der Waals surface area contributed by atoms with Gasteiger partial charge in [-0.25, -0.2) is 0 Å². The molecule has 0 bridgehead atoms. The molecule has 1 rings (SSSR count). The van der Waals surface area contributed by atoms with Crippen LogP contribution in [0.25, 0.3) is 0 Å². The van der Waals surface area contributed by atoms with Crippen molar-refractivity contribution < 1.29 is 4.74 Å². The molecule has 0 spiro atoms. The molecule has 0 saturated heterocycles. The minimum absolute atomic E-state index is 0.487. The first-order valence-electron chi connectivity index (χ1n) is 7.00. The van der Waals surface area contributed by atoms with Crippen LogP contribution in [0.3, 0.4) is 0 Å². The van der Waals surface area contributed by atoms with E-state index in [0.29, 0.717) is 6.04 Å². The van der Waals surface area contributed by atoms with E-state index in [9.17, 15) is 0 Å². The summed E-state index contributed by atoms with van der Waals surface area (Å²) in [5, 5.41) is 8.08. The van der Waals surface area contributed by atoms with Crippen LogP contribution in [0.1, 0.15) is 37.6 Å². The van der Waals surface area contributed by atoms with Crippen LogP contribution in [-0.4, -0.2) is 36.1 Å². The van der Waals surface area contributed by atoms with Gasteiger partial charge in [-0.15, -0.1) is 0 Å². The van der Waals surface area contributed by atoms with E-state index >= 15 is 0 Å². The fourth-order valence-corrected chi connectivity index (χ4v) is 2.73. The molecule has 0 aliphatic rings. The zero-order chi connectivity index (χ0) is 14.3. The first-order valence-corrected chi connectivity index (χ1v) is 7.79. The van der Waals surface area contributed by atoms with Gasteiger partial charge < -0.3 is 10.1 Å². The normalized spacial score (nSPS) is 12.9. The van der Waals surface area contributed by atoms with Crippen LogP contribution in [0, 0.1) is 6.92 Å². The molecule has 1 unspecified atom stereocenters. The van der Waals surface area contributed by atoms with Crippen molar-refractivity contribution in [2.75, 3.05) is 20.3 Å². The number of nitrogens with one attached hydrogen (secondary N) is 1. The summed E-state index contributed by atoms with van der Waals surface area (Å²) < 4.78 is 8.27. The summed E-state index contributed by atoms with van der Waals surface area (Å²) in [7, 11) is 3.77. The van der Waals surface area contributed by atoms with Gasteiger partial charge in [0, 0.05) is 33.2 Å². The fraction of sp³-hybridized carbons (Fsp3) is 0.786. The Morgan fingerprint density at radius 2 is 2.21 bits per heavy atom. The van der Waals surface area contributed by atoms with Crippen LogP contribution in [0.4, 0.5) is 0 Å². The largest absolute Gasteiger partial charge is 0.385 e. The highest BCUT2D eigenvalue weighted by Gasteiger charge is 2.16. The number of halogens is 1. The van der Waals surface area contributed by atoms with Gasteiger partial charge in [0.2, 0.25) is 0 Å². The SMILES string of the molecule is CCCNC(CCCOC)Cc1c(Br)c(C)nn1C. The smallest absolute Gasteiger partial charge is 0.0738 e. The van der Waals surface area contributed by atoms with Gasteiger partial charge in [-0.3, -0.25) is 4.68 Å². The highest BCUT2D eigenvalue weighted by Crippen LogP contribution is 2.22. The van der Waals surface area contributed by atoms with Crippen LogP contribution >= 0.6 is 15.9 Å². The second-order valence-corrected chi connectivity index (χ2v) is 5.75. The molecule has 0 amide bonds. The lowest BCUT2D eigenvalue weighted by atomic mass is 10.1. The van der Waals surface area contributed by atoms with E-state index < -0.39 is 0 Å². The third-order valence-electron chi connectivity index (χ3n) is 3.29. The summed E-state index contributed by atoms with van der Waals surface area (Å²) in [6.07, 6.45) is 4.38. The van der Waals surface area contributed by atoms with E-state index in [1.165, 1.54) is 5.69 Å². The lowest BCUT2D eigenvalue weighted by Gasteiger charge is -2.18. The maximum absolute atomic E-state index is 5.14. The number of ether oxygens (including phenoxy) is 1. The maximum Gasteiger partial charge on any atom is 0.0738 e. The summed E-state index contributed by atoms with van der Waals surface area (Å²) in [4.78, 5) is 0. The van der Waals surface area contributed by atoms with Gasteiger partial charge in [-0.05, 0) is 48.7 Å². The van der Waals surface area contributed by atoms with Crippen molar-refractivity contribution in [3.05, 3.63) is 15.9 Å². The molecule has 19 heavy (non-hydrogen) atoms. The molecular formula is C14H26BrN3O. The monoisotopic (exact) mass is 331 g/mol. The Morgan fingerprint density at radius 1 is 1.47 bits per heavy atom. The molecule has 0 radical (unpaired) electrons. The highest BCUT2D eigenvalue weighted by atomic mass is 79.9. The second kappa shape index (κ2) is 8.72. The fourth-order valence-electron chi connectivity index (χ4n) is 2.23. The molecule has 0 saturated carbocycles. The lowest BCUT2D eigenvalue weighted by molar-refractivity contribution is 0.188. The van der Waals surface area contributed by atoms with Crippen LogP contribution < -0.4 is 5.32 Å². The zero-order valence-corrected chi connectivity index (χ0v) is 14.1. The molecule has 5 heteroatoms. The van der Waals surface area contributed by atoms with Crippen molar-refractivity contribution >= 4 is 15.9 Å². The number of nitrogens with zero attached hydrogens (tertiary/aromatic N) is 2. The Bertz CT molecular complexity index is 379. The van der Waals surface area contributed by atoms with E-state index in [0.717, 1.165) is 49.0 Å². The second-order valence-electron chi connectivity index (χ2n) is 4.96. The molecule has 0 aromatic carbocycles. The predicted octanol–water partition coefficient (Wildman–Crippen LogP) is 2.83. The average molecular weight is 332 g/mol. The summed E-state index contributed by atoms with van der Waals surface area (Å²) in [5.74, 6) is 0. The van der Waals surface area contributed by atoms with E-state index in [1.54, 1.807) is 7.11 Å². The van der Waals surface area contributed by atoms with Gasteiger partial charge in [-0.1, -0.05) is 6.92 Å². The molecule has 110 valence electrons. The summed E-state index contributed by atoms with van der Waals surface area (Å²) >= 11 is 3.64. The van der Waals surface area contributed by atoms with E-state index in [2.05, 4.69) is 33.3 Å². The molecule has 1 atom stereocenters. The van der Waals surface area contributed by atoms with Gasteiger partial charge in [0.05, 0.1) is 15.9 Å². The summed E-state index contributed by atoms with van der Waals surface area (Å²) in [6.45, 7) is 6.12. The number of aromatic nitrogens is 2. The Kier molecular flexibility index (Phi) is 7.64. The maximum atomic E-state index is 5.14. The highest BCUT2D eigenvalue weighted by molar-refractivity contribution is 9.10. The summed E-state index contributed by atoms with van der Waals surface area (Å²) in [5.41, 5.74) is 2.33. The zero-order valence-electron chi connectivity index (χ0n) is 12.5. The van der Waals surface area contributed by atoms with E-state index in [-0.39, 0.29) is 0 Å². The molecule has 0 aliphatic heterocycles. The van der Waals surface area contributed by atoms with Gasteiger partial charge in [-0.2, -0.15) is 5.10 Å². The van der Waals surface area contributed by atoms with Crippen LogP contribution in [-0.2, 0) is 18.2 Å². The van der Waals surface area contributed by atoms with Crippen molar-refractivity contribution in [2.45, 2.75) is 45.6 Å². The Balaban J connectivity index is 2.64. The van der Waals surface area contributed by atoms with Crippen molar-refractivity contribution in [3.63, 3.8) is 0 Å². The van der Waals surface area contributed by atoms with Gasteiger partial charge in [0.15, 0.2) is 0 Å². The lowest BCUT2D eigenvalue weighted by Crippen LogP contribution is -2.32. The number of rotatable bonds is 9. The Labute approximate surface area is 125 Å². The standard InChI is InChI=1S/C14H26BrN3O/c1-5-8-16-12(7-6-9-19-4)10-13-14(15)11(2)17-18(13)3/h12,16H,5-10H2,1-4H3. The Morgan fingerprint density at radius 3 is 2.74 bits per heavy atom. The van der Waals surface area contributed by atoms with Crippen molar-refractivity contribution in [2.24, 2.45) is 7.05 Å².